The Kier molecular flexibility index (Phi) is 6.03. The Morgan fingerprint density at radius 2 is 1.26 bits per heavy atom. The zero-order valence-corrected chi connectivity index (χ0v) is 24.5. The van der Waals surface area contributed by atoms with Gasteiger partial charge in [-0.25, -0.2) is 9.97 Å². The molecule has 0 unspecified atom stereocenters. The second-order valence-corrected chi connectivity index (χ2v) is 12.1. The lowest BCUT2D eigenvalue weighted by atomic mass is 9.91. The van der Waals surface area contributed by atoms with Crippen molar-refractivity contribution in [1.82, 2.24) is 9.97 Å². The number of thiophene rings is 1. The fraction of sp³-hybridized carbons (Fsp3) is 0.0526. The van der Waals surface area contributed by atoms with E-state index in [1.54, 1.807) is 11.3 Å². The summed E-state index contributed by atoms with van der Waals surface area (Å²) >= 11 is 8.52. The summed E-state index contributed by atoms with van der Waals surface area (Å²) in [7, 11) is 0. The van der Waals surface area contributed by atoms with Gasteiger partial charge in [0.05, 0.1) is 11.4 Å². The van der Waals surface area contributed by atoms with Crippen molar-refractivity contribution in [3.8, 4) is 33.9 Å². The SMILES string of the molecule is CCc1c(-c2ccccc2)nc(-c2cc(Cl)cc3sc4ccccc4c23)nc1-c1cc2ccccc2c2ccccc12. The van der Waals surface area contributed by atoms with Crippen LogP contribution < -0.4 is 0 Å². The molecule has 0 saturated heterocycles. The Morgan fingerprint density at radius 1 is 0.595 bits per heavy atom. The quantitative estimate of drug-likeness (QED) is 0.195. The van der Waals surface area contributed by atoms with E-state index in [0.29, 0.717) is 10.8 Å². The molecule has 42 heavy (non-hydrogen) atoms. The number of halogens is 1. The number of aromatic nitrogens is 2. The predicted molar refractivity (Wildman–Crippen MR) is 181 cm³/mol. The van der Waals surface area contributed by atoms with Crippen LogP contribution >= 0.6 is 22.9 Å². The lowest BCUT2D eigenvalue weighted by Crippen LogP contribution is -2.03. The summed E-state index contributed by atoms with van der Waals surface area (Å²) in [5.74, 6) is 0.689. The minimum absolute atomic E-state index is 0.686. The van der Waals surface area contributed by atoms with E-state index in [0.717, 1.165) is 50.1 Å². The van der Waals surface area contributed by atoms with Crippen LogP contribution in [0.1, 0.15) is 12.5 Å². The summed E-state index contributed by atoms with van der Waals surface area (Å²) < 4.78 is 2.37. The number of fused-ring (bicyclic) bond motifs is 6. The number of rotatable bonds is 4. The highest BCUT2D eigenvalue weighted by atomic mass is 35.5. The van der Waals surface area contributed by atoms with E-state index in [2.05, 4.69) is 116 Å². The Labute approximate surface area is 252 Å². The van der Waals surface area contributed by atoms with Crippen LogP contribution in [0.15, 0.2) is 121 Å². The molecule has 0 amide bonds. The lowest BCUT2D eigenvalue weighted by molar-refractivity contribution is 1.06. The first-order valence-corrected chi connectivity index (χ1v) is 15.4. The Hall–Kier alpha value is -4.57. The smallest absolute Gasteiger partial charge is 0.161 e. The summed E-state index contributed by atoms with van der Waals surface area (Å²) in [5.41, 5.74) is 6.23. The molecule has 200 valence electrons. The molecule has 6 aromatic carbocycles. The molecule has 0 saturated carbocycles. The summed E-state index contributed by atoms with van der Waals surface area (Å²) in [6, 6.07) is 42.7. The molecule has 0 radical (unpaired) electrons. The van der Waals surface area contributed by atoms with Crippen LogP contribution in [0.5, 0.6) is 0 Å². The van der Waals surface area contributed by atoms with Gasteiger partial charge in [0, 0.05) is 47.4 Å². The van der Waals surface area contributed by atoms with E-state index in [-0.39, 0.29) is 0 Å². The molecule has 2 nitrogen and oxygen atoms in total. The van der Waals surface area contributed by atoms with Crippen LogP contribution in [0.3, 0.4) is 0 Å². The molecule has 0 bridgehead atoms. The van der Waals surface area contributed by atoms with Crippen LogP contribution in [0, 0.1) is 0 Å². The van der Waals surface area contributed by atoms with Crippen LogP contribution in [-0.4, -0.2) is 9.97 Å². The van der Waals surface area contributed by atoms with Gasteiger partial charge in [0.2, 0.25) is 0 Å². The zero-order valence-electron chi connectivity index (χ0n) is 22.9. The number of hydrogen-bond donors (Lipinski definition) is 0. The number of benzene rings is 6. The second kappa shape index (κ2) is 10.1. The minimum Gasteiger partial charge on any atom is -0.228 e. The molecule has 2 heterocycles. The van der Waals surface area contributed by atoms with E-state index in [9.17, 15) is 0 Å². The first-order chi connectivity index (χ1) is 20.7. The van der Waals surface area contributed by atoms with E-state index < -0.39 is 0 Å². The zero-order chi connectivity index (χ0) is 28.2. The van der Waals surface area contributed by atoms with Gasteiger partial charge >= 0.3 is 0 Å². The van der Waals surface area contributed by atoms with Crippen molar-refractivity contribution in [2.45, 2.75) is 13.3 Å². The van der Waals surface area contributed by atoms with Crippen LogP contribution in [-0.2, 0) is 6.42 Å². The Bertz CT molecular complexity index is 2300. The summed E-state index contributed by atoms with van der Waals surface area (Å²) in [4.78, 5) is 10.8. The summed E-state index contributed by atoms with van der Waals surface area (Å²) in [6.07, 6.45) is 0.799. The average molecular weight is 577 g/mol. The van der Waals surface area contributed by atoms with Gasteiger partial charge in [0.15, 0.2) is 5.82 Å². The van der Waals surface area contributed by atoms with Crippen molar-refractivity contribution in [1.29, 1.82) is 0 Å². The molecule has 0 fully saturated rings. The third-order valence-electron chi connectivity index (χ3n) is 8.12. The fourth-order valence-corrected chi connectivity index (χ4v) is 7.70. The first kappa shape index (κ1) is 25.2. The van der Waals surface area contributed by atoms with Gasteiger partial charge < -0.3 is 0 Å². The highest BCUT2D eigenvalue weighted by Gasteiger charge is 2.22. The van der Waals surface area contributed by atoms with E-state index >= 15 is 0 Å². The number of nitrogens with zero attached hydrogens (tertiary/aromatic N) is 2. The maximum absolute atomic E-state index is 6.77. The van der Waals surface area contributed by atoms with Crippen molar-refractivity contribution in [3.63, 3.8) is 0 Å². The summed E-state index contributed by atoms with van der Waals surface area (Å²) in [6.45, 7) is 2.20. The molecule has 0 aliphatic rings. The maximum atomic E-state index is 6.77. The van der Waals surface area contributed by atoms with Crippen molar-refractivity contribution in [3.05, 3.63) is 132 Å². The fourth-order valence-electron chi connectivity index (χ4n) is 6.24. The van der Waals surface area contributed by atoms with Crippen molar-refractivity contribution in [2.24, 2.45) is 0 Å². The van der Waals surface area contributed by atoms with Gasteiger partial charge in [-0.1, -0.05) is 116 Å². The Morgan fingerprint density at radius 3 is 2.07 bits per heavy atom. The second-order valence-electron chi connectivity index (χ2n) is 10.6. The van der Waals surface area contributed by atoms with Gasteiger partial charge in [0.25, 0.3) is 0 Å². The molecular weight excluding hydrogens is 552 g/mol. The summed E-state index contributed by atoms with van der Waals surface area (Å²) in [5, 5.41) is 7.89. The normalized spacial score (nSPS) is 11.7. The highest BCUT2D eigenvalue weighted by molar-refractivity contribution is 7.26. The standard InChI is InChI=1S/C38H25ClN2S/c1-2-26-36(23-12-4-3-5-13-23)40-38(32-21-25(39)22-34-35(32)30-18-10-11-19-33(30)42-34)41-37(26)31-20-24-14-6-7-15-27(24)28-16-8-9-17-29(28)31/h3-22H,2H2,1H3. The minimum atomic E-state index is 0.686. The van der Waals surface area contributed by atoms with Gasteiger partial charge in [-0.05, 0) is 52.2 Å². The molecule has 8 aromatic rings. The molecule has 0 N–H and O–H groups in total. The molecule has 0 aliphatic carbocycles. The monoisotopic (exact) mass is 576 g/mol. The van der Waals surface area contributed by atoms with E-state index in [4.69, 9.17) is 21.6 Å². The highest BCUT2D eigenvalue weighted by Crippen LogP contribution is 2.43. The van der Waals surface area contributed by atoms with Gasteiger partial charge in [-0.15, -0.1) is 11.3 Å². The molecule has 0 atom stereocenters. The number of hydrogen-bond acceptors (Lipinski definition) is 3. The largest absolute Gasteiger partial charge is 0.228 e. The molecule has 2 aromatic heterocycles. The Balaban J connectivity index is 1.52. The lowest BCUT2D eigenvalue weighted by Gasteiger charge is -2.18. The van der Waals surface area contributed by atoms with Crippen LogP contribution in [0.4, 0.5) is 0 Å². The van der Waals surface area contributed by atoms with Gasteiger partial charge in [-0.2, -0.15) is 0 Å². The van der Waals surface area contributed by atoms with Crippen LogP contribution in [0.2, 0.25) is 5.02 Å². The molecular formula is C38H25ClN2S. The van der Waals surface area contributed by atoms with Crippen molar-refractivity contribution >= 4 is 64.7 Å². The maximum Gasteiger partial charge on any atom is 0.161 e. The van der Waals surface area contributed by atoms with Gasteiger partial charge in [-0.3, -0.25) is 0 Å². The first-order valence-electron chi connectivity index (χ1n) is 14.2. The van der Waals surface area contributed by atoms with Crippen molar-refractivity contribution in [2.75, 3.05) is 0 Å². The predicted octanol–water partition coefficient (Wildman–Crippen LogP) is 11.4. The van der Waals surface area contributed by atoms with Crippen LogP contribution in [0.25, 0.3) is 75.6 Å². The van der Waals surface area contributed by atoms with Gasteiger partial charge in [0.1, 0.15) is 0 Å². The topological polar surface area (TPSA) is 25.8 Å². The molecule has 4 heteroatoms. The molecule has 0 aliphatic heterocycles. The van der Waals surface area contributed by atoms with E-state index in [1.165, 1.54) is 31.6 Å². The third kappa shape index (κ3) is 4.00. The average Bonchev–Trinajstić information content (AvgIpc) is 3.42. The molecule has 8 rings (SSSR count). The van der Waals surface area contributed by atoms with Crippen molar-refractivity contribution < 1.29 is 0 Å². The third-order valence-corrected chi connectivity index (χ3v) is 9.45. The van der Waals surface area contributed by atoms with E-state index in [1.807, 2.05) is 12.1 Å². The molecule has 0 spiro atoms.